The number of rotatable bonds is 4. The molecule has 3 rings (SSSR count). The van der Waals surface area contributed by atoms with E-state index in [9.17, 15) is 8.42 Å². The van der Waals surface area contributed by atoms with Gasteiger partial charge in [0.2, 0.25) is 0 Å². The Bertz CT molecular complexity index is 811. The number of nitrogens with zero attached hydrogens (tertiary/aromatic N) is 1. The predicted octanol–water partition coefficient (Wildman–Crippen LogP) is 2.59. The molecular formula is C18H22N2O3S. The van der Waals surface area contributed by atoms with Gasteiger partial charge < -0.3 is 10.1 Å². The zero-order valence-electron chi connectivity index (χ0n) is 14.0. The summed E-state index contributed by atoms with van der Waals surface area (Å²) in [5, 5.41) is 3.43. The lowest BCUT2D eigenvalue weighted by atomic mass is 10.0. The summed E-state index contributed by atoms with van der Waals surface area (Å²) in [4.78, 5) is 4.21. The van der Waals surface area contributed by atoms with Gasteiger partial charge in [0.1, 0.15) is 11.9 Å². The lowest BCUT2D eigenvalue weighted by Crippen LogP contribution is -2.34. The van der Waals surface area contributed by atoms with Crippen LogP contribution in [0.5, 0.6) is 5.75 Å². The number of hydrogen-bond donors (Lipinski definition) is 1. The summed E-state index contributed by atoms with van der Waals surface area (Å²) in [5.41, 5.74) is 2.62. The molecule has 0 amide bonds. The molecule has 2 heterocycles. The second kappa shape index (κ2) is 6.91. The monoisotopic (exact) mass is 346 g/mol. The predicted molar refractivity (Wildman–Crippen MR) is 94.0 cm³/mol. The Morgan fingerprint density at radius 2 is 1.75 bits per heavy atom. The molecule has 0 spiro atoms. The Morgan fingerprint density at radius 3 is 2.33 bits per heavy atom. The summed E-state index contributed by atoms with van der Waals surface area (Å²) in [6.07, 6.45) is 3.49. The molecule has 1 aromatic heterocycles. The number of benzene rings is 1. The molecule has 1 aromatic carbocycles. The molecule has 0 aliphatic carbocycles. The Morgan fingerprint density at radius 1 is 1.08 bits per heavy atom. The molecule has 1 saturated heterocycles. The fourth-order valence-corrected chi connectivity index (χ4v) is 3.49. The maximum atomic E-state index is 11.6. The molecule has 0 atom stereocenters. The van der Waals surface area contributed by atoms with E-state index < -0.39 is 9.84 Å². The van der Waals surface area contributed by atoms with Gasteiger partial charge in [0, 0.05) is 17.5 Å². The summed E-state index contributed by atoms with van der Waals surface area (Å²) in [6.45, 7) is 3.82. The van der Waals surface area contributed by atoms with Crippen LogP contribution in [0.4, 0.5) is 0 Å². The van der Waals surface area contributed by atoms with E-state index in [4.69, 9.17) is 4.74 Å². The van der Waals surface area contributed by atoms with Crippen LogP contribution >= 0.6 is 0 Å². The van der Waals surface area contributed by atoms with E-state index in [0.29, 0.717) is 5.69 Å². The van der Waals surface area contributed by atoms with Crippen LogP contribution in [0.25, 0.3) is 11.1 Å². The third-order valence-corrected chi connectivity index (χ3v) is 5.18. The van der Waals surface area contributed by atoms with Crippen molar-refractivity contribution in [1.29, 1.82) is 0 Å². The first kappa shape index (κ1) is 16.9. The third kappa shape index (κ3) is 3.94. The average molecular weight is 346 g/mol. The maximum absolute atomic E-state index is 11.6. The second-order valence-corrected chi connectivity index (χ2v) is 8.11. The van der Waals surface area contributed by atoms with Gasteiger partial charge in [0.05, 0.1) is 0 Å². The van der Waals surface area contributed by atoms with Gasteiger partial charge in [-0.2, -0.15) is 0 Å². The van der Waals surface area contributed by atoms with E-state index in [0.717, 1.165) is 42.8 Å². The Labute approximate surface area is 143 Å². The van der Waals surface area contributed by atoms with Crippen molar-refractivity contribution < 1.29 is 13.2 Å². The quantitative estimate of drug-likeness (QED) is 0.921. The zero-order chi connectivity index (χ0) is 17.2. The summed E-state index contributed by atoms with van der Waals surface area (Å²) in [7, 11) is -3.28. The summed E-state index contributed by atoms with van der Waals surface area (Å²) in [5.74, 6) is 0.865. The minimum atomic E-state index is -3.28. The highest BCUT2D eigenvalue weighted by Crippen LogP contribution is 2.26. The molecule has 1 aliphatic rings. The first-order valence-electron chi connectivity index (χ1n) is 8.09. The number of sulfone groups is 1. The number of nitrogens with one attached hydrogen (secondary N) is 1. The van der Waals surface area contributed by atoms with Crippen LogP contribution in [0.2, 0.25) is 0 Å². The van der Waals surface area contributed by atoms with Crippen LogP contribution < -0.4 is 10.1 Å². The zero-order valence-corrected chi connectivity index (χ0v) is 14.8. The van der Waals surface area contributed by atoms with Crippen molar-refractivity contribution in [3.05, 3.63) is 42.1 Å². The van der Waals surface area contributed by atoms with Crippen LogP contribution in [0, 0.1) is 6.92 Å². The number of pyridine rings is 1. The normalized spacial score (nSPS) is 16.1. The van der Waals surface area contributed by atoms with Crippen molar-refractivity contribution in [2.45, 2.75) is 30.9 Å². The van der Waals surface area contributed by atoms with Gasteiger partial charge in [-0.05, 0) is 62.7 Å². The maximum Gasteiger partial charge on any atom is 0.192 e. The van der Waals surface area contributed by atoms with Gasteiger partial charge in [-0.15, -0.1) is 0 Å². The first-order chi connectivity index (χ1) is 11.4. The van der Waals surface area contributed by atoms with Crippen LogP contribution in [-0.4, -0.2) is 38.9 Å². The molecule has 0 saturated carbocycles. The molecule has 0 bridgehead atoms. The molecule has 1 fully saturated rings. The first-order valence-corrected chi connectivity index (χ1v) is 9.98. The van der Waals surface area contributed by atoms with Crippen LogP contribution in [0.1, 0.15) is 18.5 Å². The Kier molecular flexibility index (Phi) is 4.87. The van der Waals surface area contributed by atoms with Crippen molar-refractivity contribution in [3.8, 4) is 16.9 Å². The Hall–Kier alpha value is -1.92. The van der Waals surface area contributed by atoms with Crippen LogP contribution in [0.3, 0.4) is 0 Å². The molecule has 0 radical (unpaired) electrons. The molecule has 2 aromatic rings. The smallest absolute Gasteiger partial charge is 0.192 e. The van der Waals surface area contributed by atoms with E-state index in [-0.39, 0.29) is 11.1 Å². The number of ether oxygens (including phenoxy) is 1. The third-order valence-electron chi connectivity index (χ3n) is 4.19. The van der Waals surface area contributed by atoms with Gasteiger partial charge in [-0.3, -0.25) is 0 Å². The van der Waals surface area contributed by atoms with Crippen molar-refractivity contribution in [2.75, 3.05) is 19.3 Å². The fourth-order valence-electron chi connectivity index (χ4n) is 2.87. The van der Waals surface area contributed by atoms with Crippen LogP contribution in [0.15, 0.2) is 41.4 Å². The van der Waals surface area contributed by atoms with Crippen molar-refractivity contribution in [2.24, 2.45) is 0 Å². The molecule has 0 unspecified atom stereocenters. The van der Waals surface area contributed by atoms with E-state index in [2.05, 4.69) is 10.3 Å². The molecule has 128 valence electrons. The molecule has 1 aliphatic heterocycles. The van der Waals surface area contributed by atoms with Crippen molar-refractivity contribution in [1.82, 2.24) is 10.3 Å². The topological polar surface area (TPSA) is 68.3 Å². The lowest BCUT2D eigenvalue weighted by molar-refractivity contribution is 0.162. The van der Waals surface area contributed by atoms with E-state index in [1.165, 1.54) is 6.26 Å². The fraction of sp³-hybridized carbons (Fsp3) is 0.389. The highest BCUT2D eigenvalue weighted by atomic mass is 32.2. The molecule has 24 heavy (non-hydrogen) atoms. The van der Waals surface area contributed by atoms with E-state index >= 15 is 0 Å². The number of piperidine rings is 1. The second-order valence-electron chi connectivity index (χ2n) is 6.15. The minimum absolute atomic E-state index is 0.106. The van der Waals surface area contributed by atoms with Crippen molar-refractivity contribution >= 4 is 9.84 Å². The number of aromatic nitrogens is 1. The van der Waals surface area contributed by atoms with Crippen LogP contribution in [-0.2, 0) is 9.84 Å². The highest BCUT2D eigenvalue weighted by Gasteiger charge is 2.15. The standard InChI is InChI=1S/C18H22N2O3S/c1-13-17(7-8-18(20-13)24(2,21)22)14-3-5-15(6-4-14)23-16-9-11-19-12-10-16/h3-8,16,19H,9-12H2,1-2H3. The average Bonchev–Trinajstić information content (AvgIpc) is 2.56. The minimum Gasteiger partial charge on any atom is -0.490 e. The summed E-state index contributed by atoms with van der Waals surface area (Å²) >= 11 is 0. The van der Waals surface area contributed by atoms with Gasteiger partial charge in [-0.25, -0.2) is 13.4 Å². The number of hydrogen-bond acceptors (Lipinski definition) is 5. The van der Waals surface area contributed by atoms with Gasteiger partial charge >= 0.3 is 0 Å². The molecule has 6 heteroatoms. The van der Waals surface area contributed by atoms with Gasteiger partial charge in [-0.1, -0.05) is 12.1 Å². The summed E-state index contributed by atoms with van der Waals surface area (Å²) in [6, 6.07) is 11.3. The summed E-state index contributed by atoms with van der Waals surface area (Å²) < 4.78 is 29.2. The van der Waals surface area contributed by atoms with E-state index in [1.807, 2.05) is 31.2 Å². The highest BCUT2D eigenvalue weighted by molar-refractivity contribution is 7.90. The molecule has 1 N–H and O–H groups in total. The molecular weight excluding hydrogens is 324 g/mol. The Balaban J connectivity index is 1.78. The van der Waals surface area contributed by atoms with Gasteiger partial charge in [0.15, 0.2) is 14.9 Å². The largest absolute Gasteiger partial charge is 0.490 e. The SMILES string of the molecule is Cc1nc(S(C)(=O)=O)ccc1-c1ccc(OC2CCNCC2)cc1. The molecule has 5 nitrogen and oxygen atoms in total. The lowest BCUT2D eigenvalue weighted by Gasteiger charge is -2.23. The van der Waals surface area contributed by atoms with Crippen molar-refractivity contribution in [3.63, 3.8) is 0 Å². The number of aryl methyl sites for hydroxylation is 1. The van der Waals surface area contributed by atoms with Gasteiger partial charge in [0.25, 0.3) is 0 Å². The van der Waals surface area contributed by atoms with E-state index in [1.54, 1.807) is 12.1 Å².